The Morgan fingerprint density at radius 1 is 1.21 bits per heavy atom. The number of aromatic nitrogens is 4. The number of nitrogens with zero attached hydrogens (tertiary/aromatic N) is 5. The maximum Gasteiger partial charge on any atom is 0.260 e. The molecule has 1 aliphatic carbocycles. The lowest BCUT2D eigenvalue weighted by Crippen LogP contribution is -2.31. The van der Waals surface area contributed by atoms with E-state index in [1.807, 2.05) is 4.68 Å². The van der Waals surface area contributed by atoms with Crippen molar-refractivity contribution in [3.63, 3.8) is 0 Å². The first-order chi connectivity index (χ1) is 15.7. The van der Waals surface area contributed by atoms with E-state index in [2.05, 4.69) is 25.7 Å². The van der Waals surface area contributed by atoms with Crippen molar-refractivity contribution >= 4 is 29.1 Å². The molecular weight excluding hydrogens is 454 g/mol. The zero-order valence-electron chi connectivity index (χ0n) is 17.1. The highest BCUT2D eigenvalue weighted by atomic mass is 35.5. The minimum Gasteiger partial charge on any atom is -0.504 e. The quantitative estimate of drug-likeness (QED) is 0.230. The number of hydrogen-bond acceptors (Lipinski definition) is 10. The largest absolute Gasteiger partial charge is 0.504 e. The molecule has 1 amide bonds. The molecule has 1 aliphatic rings. The fourth-order valence-corrected chi connectivity index (χ4v) is 3.30. The number of phenols is 4. The van der Waals surface area contributed by atoms with E-state index >= 15 is 0 Å². The van der Waals surface area contributed by atoms with Crippen LogP contribution in [0.2, 0.25) is 5.02 Å². The summed E-state index contributed by atoms with van der Waals surface area (Å²) < 4.78 is 1.81. The first kappa shape index (κ1) is 22.0. The molecule has 0 bridgehead atoms. The molecule has 1 fully saturated rings. The maximum atomic E-state index is 12.3. The van der Waals surface area contributed by atoms with Gasteiger partial charge in [0.25, 0.3) is 5.91 Å². The van der Waals surface area contributed by atoms with Gasteiger partial charge in [-0.1, -0.05) is 11.6 Å². The third-order valence-corrected chi connectivity index (χ3v) is 5.20. The van der Waals surface area contributed by atoms with Crippen molar-refractivity contribution in [3.8, 4) is 40.3 Å². The second-order valence-corrected chi connectivity index (χ2v) is 7.83. The van der Waals surface area contributed by atoms with Crippen molar-refractivity contribution < 1.29 is 25.2 Å². The molecule has 2 aromatic heterocycles. The first-order valence-electron chi connectivity index (χ1n) is 9.75. The summed E-state index contributed by atoms with van der Waals surface area (Å²) in [4.78, 5) is 20.5. The van der Waals surface area contributed by atoms with Crippen LogP contribution in [0.5, 0.6) is 23.0 Å². The van der Waals surface area contributed by atoms with Gasteiger partial charge in [-0.2, -0.15) is 10.4 Å². The van der Waals surface area contributed by atoms with Gasteiger partial charge in [-0.15, -0.1) is 0 Å². The lowest BCUT2D eigenvalue weighted by Gasteiger charge is -2.16. The van der Waals surface area contributed by atoms with Crippen molar-refractivity contribution in [3.05, 3.63) is 29.2 Å². The zero-order chi connectivity index (χ0) is 23.9. The van der Waals surface area contributed by atoms with Crippen LogP contribution in [0, 0.1) is 11.3 Å². The summed E-state index contributed by atoms with van der Waals surface area (Å²) >= 11 is 6.16. The summed E-state index contributed by atoms with van der Waals surface area (Å²) in [6, 6.07) is 1.15. The summed E-state index contributed by atoms with van der Waals surface area (Å²) in [5, 5.41) is 59.9. The van der Waals surface area contributed by atoms with Crippen molar-refractivity contribution in [1.29, 1.82) is 5.26 Å². The maximum absolute atomic E-state index is 12.3. The summed E-state index contributed by atoms with van der Waals surface area (Å²) in [5.41, 5.74) is -0.958. The Morgan fingerprint density at radius 2 is 1.88 bits per heavy atom. The van der Waals surface area contributed by atoms with E-state index < -0.39 is 46.1 Å². The molecule has 33 heavy (non-hydrogen) atoms. The molecule has 4 rings (SSSR count). The molecule has 0 saturated heterocycles. The molecule has 0 spiro atoms. The number of carbonyl (C=O) groups is 1. The van der Waals surface area contributed by atoms with E-state index in [1.165, 1.54) is 13.1 Å². The number of hydrogen-bond donors (Lipinski definition) is 6. The minimum atomic E-state index is -1.08. The zero-order valence-corrected chi connectivity index (χ0v) is 17.9. The smallest absolute Gasteiger partial charge is 0.260 e. The average molecular weight is 472 g/mol. The summed E-state index contributed by atoms with van der Waals surface area (Å²) in [7, 11) is 0. The topological polar surface area (TPSA) is 189 Å². The van der Waals surface area contributed by atoms with Crippen LogP contribution in [0.25, 0.3) is 11.3 Å². The van der Waals surface area contributed by atoms with Crippen molar-refractivity contribution in [2.45, 2.75) is 31.8 Å². The van der Waals surface area contributed by atoms with Gasteiger partial charge in [0, 0.05) is 6.20 Å². The fraction of sp³-hybridized carbons (Fsp3) is 0.250. The Labute approximate surface area is 191 Å². The van der Waals surface area contributed by atoms with Crippen LogP contribution in [-0.2, 0) is 0 Å². The van der Waals surface area contributed by atoms with Gasteiger partial charge in [0.1, 0.15) is 17.3 Å². The predicted molar refractivity (Wildman–Crippen MR) is 115 cm³/mol. The van der Waals surface area contributed by atoms with Gasteiger partial charge in [0.05, 0.1) is 40.8 Å². The molecule has 0 aliphatic heterocycles. The van der Waals surface area contributed by atoms with Crippen LogP contribution >= 0.6 is 11.6 Å². The number of aromatic hydroxyl groups is 4. The number of amides is 1. The number of anilines is 2. The van der Waals surface area contributed by atoms with Crippen molar-refractivity contribution in [1.82, 2.24) is 25.1 Å². The van der Waals surface area contributed by atoms with Crippen LogP contribution < -0.4 is 10.6 Å². The average Bonchev–Trinajstić information content (AvgIpc) is 3.53. The normalized spacial score (nSPS) is 13.8. The van der Waals surface area contributed by atoms with Gasteiger partial charge in [-0.25, -0.2) is 9.97 Å². The molecule has 170 valence electrons. The molecule has 0 radical (unpaired) electrons. The third-order valence-electron chi connectivity index (χ3n) is 4.92. The predicted octanol–water partition coefficient (Wildman–Crippen LogP) is 2.54. The highest BCUT2D eigenvalue weighted by molar-refractivity contribution is 6.33. The Bertz CT molecular complexity index is 1270. The second-order valence-electron chi connectivity index (χ2n) is 7.42. The van der Waals surface area contributed by atoms with Crippen LogP contribution in [0.3, 0.4) is 0 Å². The summed E-state index contributed by atoms with van der Waals surface area (Å²) in [6.45, 7) is 1.36. The number of benzene rings is 1. The van der Waals surface area contributed by atoms with Gasteiger partial charge in [0.15, 0.2) is 23.0 Å². The third kappa shape index (κ3) is 4.13. The Hall–Kier alpha value is -4.24. The number of phenolic OH excluding ortho intramolecular Hbond substituents is 4. The Kier molecular flexibility index (Phi) is 5.57. The Morgan fingerprint density at radius 3 is 2.48 bits per heavy atom. The van der Waals surface area contributed by atoms with Gasteiger partial charge in [-0.3, -0.25) is 9.48 Å². The molecule has 1 saturated carbocycles. The van der Waals surface area contributed by atoms with Crippen molar-refractivity contribution in [2.75, 3.05) is 5.32 Å². The van der Waals surface area contributed by atoms with Crippen LogP contribution in [0.1, 0.15) is 36.2 Å². The molecule has 2 heterocycles. The van der Waals surface area contributed by atoms with Crippen LogP contribution in [-0.4, -0.2) is 52.1 Å². The fourth-order valence-electron chi connectivity index (χ4n) is 3.11. The lowest BCUT2D eigenvalue weighted by atomic mass is 10.0. The van der Waals surface area contributed by atoms with E-state index in [0.29, 0.717) is 11.7 Å². The highest BCUT2D eigenvalue weighted by Crippen LogP contribution is 2.52. The van der Waals surface area contributed by atoms with Crippen LogP contribution in [0.4, 0.5) is 11.6 Å². The molecule has 1 aromatic carbocycles. The van der Waals surface area contributed by atoms with Gasteiger partial charge in [-0.05, 0) is 19.8 Å². The van der Waals surface area contributed by atoms with E-state index in [-0.39, 0.29) is 16.7 Å². The van der Waals surface area contributed by atoms with E-state index in [0.717, 1.165) is 12.8 Å². The van der Waals surface area contributed by atoms with E-state index in [1.54, 1.807) is 18.5 Å². The minimum absolute atomic E-state index is 0.0344. The van der Waals surface area contributed by atoms with E-state index in [9.17, 15) is 25.2 Å². The van der Waals surface area contributed by atoms with Gasteiger partial charge in [0.2, 0.25) is 5.95 Å². The summed E-state index contributed by atoms with van der Waals surface area (Å²) in [5.74, 6) is -5.01. The standard InChI is InChI=1S/C20H18ClN7O5/c1-8(4-22)25-19(33)13-17(31)15(29)12(16(30)18(13)32)14-11(21)6-23-20(27-14)26-9-5-24-28(7-9)10-2-3-10/h5-8,10,29-32H,2-3H2,1H3,(H,25,33)(H,23,26,27)/t8-/m0/s1. The molecule has 0 unspecified atom stereocenters. The summed E-state index contributed by atoms with van der Waals surface area (Å²) in [6.07, 6.45) is 6.66. The first-order valence-corrected chi connectivity index (χ1v) is 10.1. The second kappa shape index (κ2) is 8.36. The molecule has 12 nitrogen and oxygen atoms in total. The van der Waals surface area contributed by atoms with Crippen molar-refractivity contribution in [2.24, 2.45) is 0 Å². The SMILES string of the molecule is C[C@@H](C#N)NC(=O)c1c(O)c(O)c(-c2nc(Nc3cnn(C4CC4)c3)ncc2Cl)c(O)c1O. The number of rotatable bonds is 6. The highest BCUT2D eigenvalue weighted by Gasteiger charge is 2.31. The lowest BCUT2D eigenvalue weighted by molar-refractivity contribution is 0.0941. The molecule has 6 N–H and O–H groups in total. The number of nitrogens with one attached hydrogen (secondary N) is 2. The molecule has 3 aromatic rings. The monoisotopic (exact) mass is 471 g/mol. The number of nitriles is 1. The number of halogens is 1. The molecular formula is C20H18ClN7O5. The van der Waals surface area contributed by atoms with Gasteiger partial charge < -0.3 is 31.1 Å². The number of carbonyl (C=O) groups excluding carboxylic acids is 1. The van der Waals surface area contributed by atoms with Crippen LogP contribution in [0.15, 0.2) is 18.6 Å². The molecule has 1 atom stereocenters. The van der Waals surface area contributed by atoms with Gasteiger partial charge >= 0.3 is 0 Å². The van der Waals surface area contributed by atoms with E-state index in [4.69, 9.17) is 16.9 Å². The molecule has 13 heteroatoms. The Balaban J connectivity index is 1.73.